The maximum absolute atomic E-state index is 6.53. The minimum absolute atomic E-state index is 0.888. The molecule has 0 atom stereocenters. The molecule has 3 heterocycles. The first kappa shape index (κ1) is 40.1. The second-order valence-corrected chi connectivity index (χ2v) is 19.1. The number of hydrogen-bond acceptors (Lipinski definition) is 3. The van der Waals surface area contributed by atoms with Gasteiger partial charge in [0, 0.05) is 70.0 Å². The Labute approximate surface area is 409 Å². The van der Waals surface area contributed by atoms with E-state index in [0.717, 1.165) is 72.5 Å². The Bertz CT molecular complexity index is 4260. The summed E-state index contributed by atoms with van der Waals surface area (Å²) >= 11 is 1.87. The first-order valence-corrected chi connectivity index (χ1v) is 24.6. The van der Waals surface area contributed by atoms with Gasteiger partial charge in [0.25, 0.3) is 0 Å². The van der Waals surface area contributed by atoms with Crippen LogP contribution in [-0.4, -0.2) is 4.57 Å². The number of anilines is 3. The van der Waals surface area contributed by atoms with E-state index < -0.39 is 0 Å². The maximum Gasteiger partial charge on any atom is 0.143 e. The van der Waals surface area contributed by atoms with Gasteiger partial charge >= 0.3 is 0 Å². The predicted octanol–water partition coefficient (Wildman–Crippen LogP) is 19.2. The average molecular weight is 911 g/mol. The zero-order valence-electron chi connectivity index (χ0n) is 38.0. The third-order valence-corrected chi connectivity index (χ3v) is 15.2. The highest BCUT2D eigenvalue weighted by Gasteiger charge is 2.18. The largest absolute Gasteiger partial charge is 0.455 e. The van der Waals surface area contributed by atoms with Gasteiger partial charge in [0.15, 0.2) is 0 Å². The van der Waals surface area contributed by atoms with Gasteiger partial charge in [-0.25, -0.2) is 0 Å². The summed E-state index contributed by atoms with van der Waals surface area (Å²) in [6.45, 7) is 0. The molecule has 0 fully saturated rings. The number of benzene rings is 11. The van der Waals surface area contributed by atoms with E-state index in [1.807, 2.05) is 11.3 Å². The van der Waals surface area contributed by atoms with Crippen molar-refractivity contribution >= 4 is 92.3 Å². The smallest absolute Gasteiger partial charge is 0.143 e. The van der Waals surface area contributed by atoms with Crippen LogP contribution in [0.25, 0.3) is 114 Å². The lowest BCUT2D eigenvalue weighted by Crippen LogP contribution is -2.09. The van der Waals surface area contributed by atoms with E-state index >= 15 is 0 Å². The third-order valence-electron chi connectivity index (χ3n) is 14.0. The fraction of sp³-hybridized carbons (Fsp3) is 0. The topological polar surface area (TPSA) is 21.3 Å². The van der Waals surface area contributed by atoms with Crippen LogP contribution >= 0.6 is 11.3 Å². The molecule has 11 aromatic carbocycles. The summed E-state index contributed by atoms with van der Waals surface area (Å²) in [5.41, 5.74) is 17.9. The van der Waals surface area contributed by atoms with Crippen LogP contribution < -0.4 is 4.90 Å². The van der Waals surface area contributed by atoms with Crippen LogP contribution in [0, 0.1) is 0 Å². The molecule has 0 radical (unpaired) electrons. The molecule has 0 aliphatic heterocycles. The Morgan fingerprint density at radius 3 is 1.59 bits per heavy atom. The Morgan fingerprint density at radius 2 is 0.857 bits per heavy atom. The molecule has 0 N–H and O–H groups in total. The van der Waals surface area contributed by atoms with E-state index in [2.05, 4.69) is 264 Å². The Kier molecular flexibility index (Phi) is 9.39. The van der Waals surface area contributed by atoms with Crippen LogP contribution in [0.5, 0.6) is 0 Å². The molecule has 328 valence electrons. The minimum atomic E-state index is 0.888. The molecule has 0 unspecified atom stereocenters. The summed E-state index contributed by atoms with van der Waals surface area (Å²) in [6.07, 6.45) is 0. The number of thiophene rings is 1. The van der Waals surface area contributed by atoms with Crippen LogP contribution in [0.2, 0.25) is 0 Å². The lowest BCUT2D eigenvalue weighted by molar-refractivity contribution is 0.670. The van der Waals surface area contributed by atoms with E-state index in [1.165, 1.54) is 58.7 Å². The Hall–Kier alpha value is -8.96. The van der Waals surface area contributed by atoms with Crippen molar-refractivity contribution in [3.63, 3.8) is 0 Å². The standard InChI is InChI=1S/C66H42N2OS/c1-3-13-45(14-4-1)53-19-11-21-58-60-41-47(32-40-63(60)69-65(53)58)43-25-33-50(34-26-43)67(52-37-29-46(30-38-52)54-20-12-22-59-57-18-8-10-24-64(57)70-66(54)59)51-35-27-44(28-36-51)48-31-39-56-55-17-7-9-23-61(55)68(62(56)42-48)49-15-5-2-6-16-49/h1-42H. The van der Waals surface area contributed by atoms with Crippen molar-refractivity contribution in [2.75, 3.05) is 4.90 Å². The van der Waals surface area contributed by atoms with E-state index in [0.29, 0.717) is 0 Å². The fourth-order valence-corrected chi connectivity index (χ4v) is 11.9. The third kappa shape index (κ3) is 6.64. The zero-order valence-corrected chi connectivity index (χ0v) is 38.8. The summed E-state index contributed by atoms with van der Waals surface area (Å²) in [5.74, 6) is 0. The number of para-hydroxylation sites is 3. The molecular weight excluding hydrogens is 869 g/mol. The fourth-order valence-electron chi connectivity index (χ4n) is 10.6. The summed E-state index contributed by atoms with van der Waals surface area (Å²) in [4.78, 5) is 2.37. The van der Waals surface area contributed by atoms with Gasteiger partial charge in [-0.3, -0.25) is 0 Å². The molecule has 0 aliphatic carbocycles. The molecule has 3 aromatic heterocycles. The van der Waals surface area contributed by atoms with Gasteiger partial charge in [-0.15, -0.1) is 11.3 Å². The molecule has 0 aliphatic rings. The van der Waals surface area contributed by atoms with Crippen LogP contribution in [0.4, 0.5) is 17.1 Å². The van der Waals surface area contributed by atoms with Crippen LogP contribution in [0.1, 0.15) is 0 Å². The highest BCUT2D eigenvalue weighted by atomic mass is 32.1. The summed E-state index contributed by atoms with van der Waals surface area (Å²) in [6, 6.07) is 92.3. The van der Waals surface area contributed by atoms with E-state index in [4.69, 9.17) is 4.42 Å². The van der Waals surface area contributed by atoms with Gasteiger partial charge in [-0.2, -0.15) is 0 Å². The first-order valence-electron chi connectivity index (χ1n) is 23.8. The Morgan fingerprint density at radius 1 is 0.329 bits per heavy atom. The van der Waals surface area contributed by atoms with Crippen LogP contribution in [0.15, 0.2) is 259 Å². The van der Waals surface area contributed by atoms with Crippen molar-refractivity contribution in [3.05, 3.63) is 255 Å². The minimum Gasteiger partial charge on any atom is -0.455 e. The normalized spacial score (nSPS) is 11.7. The summed E-state index contributed by atoms with van der Waals surface area (Å²) in [5, 5.41) is 7.36. The zero-order chi connectivity index (χ0) is 46.1. The van der Waals surface area contributed by atoms with Crippen molar-refractivity contribution in [2.24, 2.45) is 0 Å². The molecule has 70 heavy (non-hydrogen) atoms. The van der Waals surface area contributed by atoms with E-state index in [-0.39, 0.29) is 0 Å². The van der Waals surface area contributed by atoms with Crippen LogP contribution in [0.3, 0.4) is 0 Å². The van der Waals surface area contributed by atoms with Gasteiger partial charge in [0.2, 0.25) is 0 Å². The van der Waals surface area contributed by atoms with Crippen molar-refractivity contribution in [1.29, 1.82) is 0 Å². The molecule has 3 nitrogen and oxygen atoms in total. The van der Waals surface area contributed by atoms with Crippen molar-refractivity contribution in [1.82, 2.24) is 4.57 Å². The molecule has 0 saturated carbocycles. The predicted molar refractivity (Wildman–Crippen MR) is 297 cm³/mol. The monoisotopic (exact) mass is 910 g/mol. The number of nitrogens with zero attached hydrogens (tertiary/aromatic N) is 2. The number of hydrogen-bond donors (Lipinski definition) is 0. The van der Waals surface area contributed by atoms with Crippen LogP contribution in [-0.2, 0) is 0 Å². The SMILES string of the molecule is c1ccc(-c2cccc3c2oc2ccc(-c4ccc(N(c5ccc(-c6ccc7c8ccccc8n(-c8ccccc8)c7c6)cc5)c5ccc(-c6cccc7c6sc6ccccc67)cc5)cc4)cc23)cc1. The lowest BCUT2D eigenvalue weighted by Gasteiger charge is -2.26. The van der Waals surface area contributed by atoms with E-state index in [1.54, 1.807) is 0 Å². The van der Waals surface area contributed by atoms with Gasteiger partial charge in [-0.05, 0) is 118 Å². The second-order valence-electron chi connectivity index (χ2n) is 18.0. The maximum atomic E-state index is 6.53. The highest BCUT2D eigenvalue weighted by molar-refractivity contribution is 7.26. The number of rotatable bonds is 8. The number of furan rings is 1. The van der Waals surface area contributed by atoms with Gasteiger partial charge in [0.1, 0.15) is 11.2 Å². The highest BCUT2D eigenvalue weighted by Crippen LogP contribution is 2.44. The van der Waals surface area contributed by atoms with Crippen molar-refractivity contribution in [3.8, 4) is 50.2 Å². The van der Waals surface area contributed by atoms with Gasteiger partial charge in [0.05, 0.1) is 11.0 Å². The van der Waals surface area contributed by atoms with Gasteiger partial charge in [-0.1, -0.05) is 176 Å². The number of aromatic nitrogens is 1. The molecule has 14 rings (SSSR count). The average Bonchev–Trinajstić information content (AvgIpc) is 4.12. The van der Waals surface area contributed by atoms with E-state index in [9.17, 15) is 0 Å². The molecule has 0 bridgehead atoms. The molecule has 0 amide bonds. The molecule has 0 saturated heterocycles. The Balaban J connectivity index is 0.849. The number of fused-ring (bicyclic) bond motifs is 9. The van der Waals surface area contributed by atoms with Gasteiger partial charge < -0.3 is 13.9 Å². The molecular formula is C66H42N2OS. The molecule has 14 aromatic rings. The second kappa shape index (κ2) is 16.4. The first-order chi connectivity index (χ1) is 34.7. The van der Waals surface area contributed by atoms with Crippen molar-refractivity contribution in [2.45, 2.75) is 0 Å². The lowest BCUT2D eigenvalue weighted by atomic mass is 9.99. The molecule has 4 heteroatoms. The quantitative estimate of drug-likeness (QED) is 0.151. The summed E-state index contributed by atoms with van der Waals surface area (Å²) < 4.78 is 11.6. The summed E-state index contributed by atoms with van der Waals surface area (Å²) in [7, 11) is 0. The molecule has 0 spiro atoms. The van der Waals surface area contributed by atoms with Crippen molar-refractivity contribution < 1.29 is 4.42 Å².